The van der Waals surface area contributed by atoms with Crippen LogP contribution in [-0.4, -0.2) is 22.7 Å². The molecule has 0 aliphatic carbocycles. The second-order valence-electron chi connectivity index (χ2n) is 7.68. The molecule has 0 saturated carbocycles. The van der Waals surface area contributed by atoms with Gasteiger partial charge in [0.15, 0.2) is 17.3 Å². The summed E-state index contributed by atoms with van der Waals surface area (Å²) in [6.45, 7) is 6.81. The van der Waals surface area contributed by atoms with E-state index in [1.807, 2.05) is 0 Å². The highest BCUT2D eigenvalue weighted by atomic mass is 19.1. The maximum absolute atomic E-state index is 13.8. The van der Waals surface area contributed by atoms with E-state index >= 15 is 0 Å². The number of hydrogen-bond acceptors (Lipinski definition) is 2. The minimum atomic E-state index is -1.32. The van der Waals surface area contributed by atoms with Gasteiger partial charge >= 0.3 is 5.97 Å². The predicted molar refractivity (Wildman–Crippen MR) is 98.8 cm³/mol. The summed E-state index contributed by atoms with van der Waals surface area (Å²) in [5, 5.41) is 8.83. The van der Waals surface area contributed by atoms with Crippen molar-refractivity contribution in [2.45, 2.75) is 85.0 Å². The predicted octanol–water partition coefficient (Wildman–Crippen LogP) is 6.18. The number of unbranched alkanes of at least 4 members (excludes halogenated alkanes) is 8. The number of carbonyl (C=O) groups is 1. The van der Waals surface area contributed by atoms with Gasteiger partial charge in [-0.2, -0.15) is 0 Å². The molecule has 2 N–H and O–H groups in total. The molecule has 0 bridgehead atoms. The van der Waals surface area contributed by atoms with E-state index in [4.69, 9.17) is 9.84 Å². The van der Waals surface area contributed by atoms with E-state index in [0.717, 1.165) is 12.8 Å². The van der Waals surface area contributed by atoms with E-state index < -0.39 is 17.5 Å². The summed E-state index contributed by atoms with van der Waals surface area (Å²) in [4.78, 5) is 13.2. The van der Waals surface area contributed by atoms with Crippen molar-refractivity contribution >= 4 is 5.97 Å². The zero-order valence-corrected chi connectivity index (χ0v) is 16.0. The Bertz CT molecular complexity index is 511. The Kier molecular flexibility index (Phi) is 9.61. The topological polar surface area (TPSA) is 62.3 Å². The van der Waals surface area contributed by atoms with Crippen molar-refractivity contribution in [3.63, 3.8) is 0 Å². The van der Waals surface area contributed by atoms with E-state index in [1.54, 1.807) is 0 Å². The summed E-state index contributed by atoms with van der Waals surface area (Å²) >= 11 is 0. The fraction of sp³-hybridized carbons (Fsp3) is 0.750. The van der Waals surface area contributed by atoms with Crippen LogP contribution in [0.5, 0.6) is 5.75 Å². The molecule has 0 aliphatic rings. The molecule has 25 heavy (non-hydrogen) atoms. The Morgan fingerprint density at radius 2 is 1.68 bits per heavy atom. The first kappa shape index (κ1) is 21.5. The van der Waals surface area contributed by atoms with Crippen LogP contribution in [0.2, 0.25) is 0 Å². The quantitative estimate of drug-likeness (QED) is 0.392. The molecule has 0 unspecified atom stereocenters. The van der Waals surface area contributed by atoms with Crippen molar-refractivity contribution in [1.82, 2.24) is 4.98 Å². The van der Waals surface area contributed by atoms with E-state index in [0.29, 0.717) is 6.61 Å². The number of nitrogens with one attached hydrogen (secondary N) is 1. The highest BCUT2D eigenvalue weighted by molar-refractivity contribution is 5.86. The third kappa shape index (κ3) is 8.41. The number of H-pyrrole nitrogens is 1. The van der Waals surface area contributed by atoms with Gasteiger partial charge in [-0.25, -0.2) is 9.18 Å². The Hall–Kier alpha value is -1.52. The van der Waals surface area contributed by atoms with Gasteiger partial charge < -0.3 is 14.8 Å². The smallest absolute Gasteiger partial charge is 0.355 e. The number of carboxylic acids is 1. The summed E-state index contributed by atoms with van der Waals surface area (Å²) in [6, 6.07) is 0. The van der Waals surface area contributed by atoms with Gasteiger partial charge in [-0.15, -0.1) is 0 Å². The fourth-order valence-corrected chi connectivity index (χ4v) is 2.91. The minimum absolute atomic E-state index is 0.0162. The van der Waals surface area contributed by atoms with Crippen molar-refractivity contribution in [2.24, 2.45) is 5.41 Å². The number of aromatic amines is 1. The van der Waals surface area contributed by atoms with Crippen LogP contribution in [0.15, 0.2) is 6.20 Å². The van der Waals surface area contributed by atoms with Crippen LogP contribution >= 0.6 is 0 Å². The second-order valence-corrected chi connectivity index (χ2v) is 7.68. The summed E-state index contributed by atoms with van der Waals surface area (Å²) in [7, 11) is 0. The molecule has 0 amide bonds. The number of aromatic nitrogens is 1. The first-order valence-electron chi connectivity index (χ1n) is 9.60. The van der Waals surface area contributed by atoms with Gasteiger partial charge in [-0.05, 0) is 11.8 Å². The number of carboxylic acid groups (broad SMARTS) is 1. The van der Waals surface area contributed by atoms with Crippen molar-refractivity contribution in [3.05, 3.63) is 17.7 Å². The molecule has 1 heterocycles. The highest BCUT2D eigenvalue weighted by Gasteiger charge is 2.22. The third-order valence-corrected chi connectivity index (χ3v) is 4.57. The average molecular weight is 355 g/mol. The van der Waals surface area contributed by atoms with E-state index in [9.17, 15) is 9.18 Å². The first-order valence-corrected chi connectivity index (χ1v) is 9.60. The molecule has 1 aromatic heterocycles. The third-order valence-electron chi connectivity index (χ3n) is 4.57. The lowest BCUT2D eigenvalue weighted by atomic mass is 9.87. The van der Waals surface area contributed by atoms with Crippen LogP contribution in [-0.2, 0) is 0 Å². The summed E-state index contributed by atoms with van der Waals surface area (Å²) in [6.07, 6.45) is 13.9. The Labute approximate surface area is 151 Å². The molecule has 0 radical (unpaired) electrons. The maximum atomic E-state index is 13.8. The Morgan fingerprint density at radius 1 is 1.12 bits per heavy atom. The van der Waals surface area contributed by atoms with Crippen molar-refractivity contribution < 1.29 is 19.0 Å². The Morgan fingerprint density at radius 3 is 2.20 bits per heavy atom. The average Bonchev–Trinajstić information content (AvgIpc) is 2.92. The molecular weight excluding hydrogens is 321 g/mol. The molecule has 4 nitrogen and oxygen atoms in total. The van der Waals surface area contributed by atoms with Gasteiger partial charge in [0.1, 0.15) is 0 Å². The zero-order chi connectivity index (χ0) is 18.7. The van der Waals surface area contributed by atoms with Gasteiger partial charge in [0.25, 0.3) is 0 Å². The minimum Gasteiger partial charge on any atom is -0.488 e. The SMILES string of the molecule is CCCCCCCCCCCC(C)(C)COc1c[nH]c(C(=O)O)c1F. The van der Waals surface area contributed by atoms with Crippen LogP contribution < -0.4 is 4.74 Å². The molecule has 0 atom stereocenters. The number of hydrogen-bond donors (Lipinski definition) is 2. The lowest BCUT2D eigenvalue weighted by molar-refractivity contribution is 0.0685. The molecule has 5 heteroatoms. The molecule has 1 aromatic rings. The molecule has 144 valence electrons. The molecule has 0 aliphatic heterocycles. The second kappa shape index (κ2) is 11.2. The number of rotatable bonds is 14. The van der Waals surface area contributed by atoms with Gasteiger partial charge in [0.2, 0.25) is 0 Å². The molecule has 0 spiro atoms. The number of aromatic carboxylic acids is 1. The Balaban J connectivity index is 2.18. The lowest BCUT2D eigenvalue weighted by Gasteiger charge is -2.24. The largest absolute Gasteiger partial charge is 0.488 e. The van der Waals surface area contributed by atoms with Crippen molar-refractivity contribution in [3.8, 4) is 5.75 Å². The monoisotopic (exact) mass is 355 g/mol. The maximum Gasteiger partial charge on any atom is 0.355 e. The van der Waals surface area contributed by atoms with Crippen LogP contribution in [0.3, 0.4) is 0 Å². The molecule has 0 aromatic carbocycles. The van der Waals surface area contributed by atoms with Crippen molar-refractivity contribution in [2.75, 3.05) is 6.61 Å². The van der Waals surface area contributed by atoms with Crippen LogP contribution in [0.1, 0.15) is 95.5 Å². The molecule has 0 saturated heterocycles. The summed E-state index contributed by atoms with van der Waals surface area (Å²) in [5.74, 6) is -2.16. The summed E-state index contributed by atoms with van der Waals surface area (Å²) in [5.41, 5.74) is -0.513. The normalized spacial score (nSPS) is 11.7. The number of halogens is 1. The highest BCUT2D eigenvalue weighted by Crippen LogP contribution is 2.27. The van der Waals surface area contributed by atoms with Crippen molar-refractivity contribution in [1.29, 1.82) is 0 Å². The van der Waals surface area contributed by atoms with Crippen LogP contribution in [0.25, 0.3) is 0 Å². The van der Waals surface area contributed by atoms with E-state index in [-0.39, 0.29) is 11.2 Å². The lowest BCUT2D eigenvalue weighted by Crippen LogP contribution is -2.21. The van der Waals surface area contributed by atoms with E-state index in [1.165, 1.54) is 57.6 Å². The molecule has 0 fully saturated rings. The molecule has 1 rings (SSSR count). The van der Waals surface area contributed by atoms with Crippen LogP contribution in [0.4, 0.5) is 4.39 Å². The van der Waals surface area contributed by atoms with Gasteiger partial charge in [0.05, 0.1) is 6.61 Å². The van der Waals surface area contributed by atoms with Gasteiger partial charge in [-0.3, -0.25) is 0 Å². The molecular formula is C20H34FNO3. The standard InChI is InChI=1S/C20H34FNO3/c1-4-5-6-7-8-9-10-11-12-13-20(2,3)15-25-16-14-22-18(17(16)21)19(23)24/h14,22H,4-13,15H2,1-3H3,(H,23,24). The summed E-state index contributed by atoms with van der Waals surface area (Å²) < 4.78 is 19.3. The van der Waals surface area contributed by atoms with Crippen LogP contribution in [0, 0.1) is 11.2 Å². The first-order chi connectivity index (χ1) is 11.9. The fourth-order valence-electron chi connectivity index (χ4n) is 2.91. The zero-order valence-electron chi connectivity index (χ0n) is 16.0. The van der Waals surface area contributed by atoms with Gasteiger partial charge in [-0.1, -0.05) is 78.6 Å². The number of ether oxygens (including phenoxy) is 1. The van der Waals surface area contributed by atoms with Gasteiger partial charge in [0, 0.05) is 6.20 Å². The van der Waals surface area contributed by atoms with E-state index in [2.05, 4.69) is 25.8 Å².